The fourth-order valence-corrected chi connectivity index (χ4v) is 4.09. The van der Waals surface area contributed by atoms with Crippen LogP contribution in [0.15, 0.2) is 48.5 Å². The number of hydrogen-bond acceptors (Lipinski definition) is 4. The number of nitrogens with one attached hydrogen (secondary N) is 2. The van der Waals surface area contributed by atoms with E-state index in [1.165, 1.54) is 31.4 Å². The van der Waals surface area contributed by atoms with Crippen LogP contribution in [0.5, 0.6) is 5.75 Å². The van der Waals surface area contributed by atoms with E-state index in [4.69, 9.17) is 4.74 Å². The fraction of sp³-hybridized carbons (Fsp3) is 0.423. The summed E-state index contributed by atoms with van der Waals surface area (Å²) in [4.78, 5) is 40.7. The molecule has 1 aliphatic rings. The van der Waals surface area contributed by atoms with Crippen LogP contribution >= 0.6 is 0 Å². The fourth-order valence-electron chi connectivity index (χ4n) is 4.09. The van der Waals surface area contributed by atoms with Crippen molar-refractivity contribution in [2.45, 2.75) is 45.2 Å². The van der Waals surface area contributed by atoms with E-state index in [2.05, 4.69) is 10.6 Å². The number of benzene rings is 2. The maximum atomic E-state index is 13.3. The summed E-state index contributed by atoms with van der Waals surface area (Å²) in [5.41, 5.74) is 0.783. The van der Waals surface area contributed by atoms with Gasteiger partial charge in [-0.15, -0.1) is 0 Å². The predicted octanol–water partition coefficient (Wildman–Crippen LogP) is 3.40. The van der Waals surface area contributed by atoms with Crippen LogP contribution in [0.2, 0.25) is 0 Å². The molecule has 1 heterocycles. The minimum atomic E-state index is -0.755. The number of rotatable bonds is 8. The molecule has 2 aromatic rings. The van der Waals surface area contributed by atoms with E-state index in [1.807, 2.05) is 19.9 Å². The predicted molar refractivity (Wildman–Crippen MR) is 127 cm³/mol. The van der Waals surface area contributed by atoms with Crippen molar-refractivity contribution < 1.29 is 23.5 Å². The number of methoxy groups -OCH3 is 1. The SMILES string of the molecule is CCC(C)NC(=O)C(NC(=O)c1ccc(F)cc1)C1CCN(C(=O)c2ccccc2OC)CC1. The first kappa shape index (κ1) is 25.2. The third kappa shape index (κ3) is 6.12. The van der Waals surface area contributed by atoms with E-state index in [0.717, 1.165) is 6.42 Å². The Kier molecular flexibility index (Phi) is 8.62. The minimum absolute atomic E-state index is 0.0371. The van der Waals surface area contributed by atoms with Crippen LogP contribution in [-0.2, 0) is 4.79 Å². The zero-order valence-electron chi connectivity index (χ0n) is 19.8. The molecule has 1 aliphatic heterocycles. The van der Waals surface area contributed by atoms with Crippen LogP contribution < -0.4 is 15.4 Å². The van der Waals surface area contributed by atoms with Gasteiger partial charge in [0.25, 0.3) is 11.8 Å². The number of hydrogen-bond donors (Lipinski definition) is 2. The summed E-state index contributed by atoms with van der Waals surface area (Å²) in [5, 5.41) is 5.81. The normalized spacial score (nSPS) is 15.8. The molecular weight excluding hydrogens is 437 g/mol. The molecule has 0 saturated carbocycles. The average Bonchev–Trinajstić information content (AvgIpc) is 2.87. The molecule has 1 fully saturated rings. The zero-order valence-corrected chi connectivity index (χ0v) is 19.8. The van der Waals surface area contributed by atoms with Crippen molar-refractivity contribution in [1.29, 1.82) is 0 Å². The Hall–Kier alpha value is -3.42. The Morgan fingerprint density at radius 1 is 1.06 bits per heavy atom. The minimum Gasteiger partial charge on any atom is -0.496 e. The summed E-state index contributed by atoms with van der Waals surface area (Å²) in [7, 11) is 1.53. The molecule has 2 aromatic carbocycles. The number of carbonyl (C=O) groups excluding carboxylic acids is 3. The second-order valence-electron chi connectivity index (χ2n) is 8.61. The van der Waals surface area contributed by atoms with Crippen LogP contribution in [0.25, 0.3) is 0 Å². The Labute approximate surface area is 199 Å². The second-order valence-corrected chi connectivity index (χ2v) is 8.61. The molecule has 7 nitrogen and oxygen atoms in total. The smallest absolute Gasteiger partial charge is 0.257 e. The van der Waals surface area contributed by atoms with Crippen molar-refractivity contribution in [2.24, 2.45) is 5.92 Å². The van der Waals surface area contributed by atoms with Crippen molar-refractivity contribution in [3.8, 4) is 5.75 Å². The number of carbonyl (C=O) groups is 3. The lowest BCUT2D eigenvalue weighted by Crippen LogP contribution is -2.55. The molecule has 0 aromatic heterocycles. The highest BCUT2D eigenvalue weighted by atomic mass is 19.1. The number of nitrogens with zero attached hydrogens (tertiary/aromatic N) is 1. The second kappa shape index (κ2) is 11.6. The third-order valence-electron chi connectivity index (χ3n) is 6.31. The topological polar surface area (TPSA) is 87.7 Å². The molecule has 1 saturated heterocycles. The lowest BCUT2D eigenvalue weighted by Gasteiger charge is -2.36. The summed E-state index contributed by atoms with van der Waals surface area (Å²) < 4.78 is 18.6. The molecule has 34 heavy (non-hydrogen) atoms. The van der Waals surface area contributed by atoms with Crippen LogP contribution in [0.4, 0.5) is 4.39 Å². The number of amides is 3. The molecule has 2 atom stereocenters. The Morgan fingerprint density at radius 2 is 1.71 bits per heavy atom. The maximum Gasteiger partial charge on any atom is 0.257 e. The third-order valence-corrected chi connectivity index (χ3v) is 6.31. The monoisotopic (exact) mass is 469 g/mol. The molecule has 2 unspecified atom stereocenters. The van der Waals surface area contributed by atoms with Gasteiger partial charge in [0.15, 0.2) is 0 Å². The maximum absolute atomic E-state index is 13.3. The highest BCUT2D eigenvalue weighted by Gasteiger charge is 2.35. The van der Waals surface area contributed by atoms with E-state index in [9.17, 15) is 18.8 Å². The Bertz CT molecular complexity index is 1000. The molecule has 0 radical (unpaired) electrons. The van der Waals surface area contributed by atoms with Gasteiger partial charge in [-0.1, -0.05) is 19.1 Å². The summed E-state index contributed by atoms with van der Waals surface area (Å²) in [5.74, 6) is -0.861. The molecule has 182 valence electrons. The first-order valence-corrected chi connectivity index (χ1v) is 11.6. The van der Waals surface area contributed by atoms with Gasteiger partial charge in [0, 0.05) is 24.7 Å². The molecule has 2 N–H and O–H groups in total. The van der Waals surface area contributed by atoms with Gasteiger partial charge in [-0.25, -0.2) is 4.39 Å². The molecule has 0 aliphatic carbocycles. The average molecular weight is 470 g/mol. The van der Waals surface area contributed by atoms with E-state index < -0.39 is 17.8 Å². The van der Waals surface area contributed by atoms with E-state index >= 15 is 0 Å². The summed E-state index contributed by atoms with van der Waals surface area (Å²) >= 11 is 0. The van der Waals surface area contributed by atoms with Gasteiger partial charge in [-0.2, -0.15) is 0 Å². The quantitative estimate of drug-likeness (QED) is 0.620. The van der Waals surface area contributed by atoms with Crippen molar-refractivity contribution in [2.75, 3.05) is 20.2 Å². The molecule has 3 rings (SSSR count). The van der Waals surface area contributed by atoms with Crippen LogP contribution in [0.1, 0.15) is 53.8 Å². The van der Waals surface area contributed by atoms with Crippen LogP contribution in [-0.4, -0.2) is 54.9 Å². The number of likely N-dealkylation sites (tertiary alicyclic amines) is 1. The molecule has 0 spiro atoms. The molecular formula is C26H32FN3O4. The Balaban J connectivity index is 1.71. The first-order chi connectivity index (χ1) is 16.3. The van der Waals surface area contributed by atoms with Gasteiger partial charge in [0.2, 0.25) is 5.91 Å². The van der Waals surface area contributed by atoms with Crippen molar-refractivity contribution in [3.63, 3.8) is 0 Å². The highest BCUT2D eigenvalue weighted by Crippen LogP contribution is 2.26. The number of halogens is 1. The van der Waals surface area contributed by atoms with Gasteiger partial charge < -0.3 is 20.3 Å². The van der Waals surface area contributed by atoms with E-state index in [1.54, 1.807) is 23.1 Å². The van der Waals surface area contributed by atoms with Gasteiger partial charge in [-0.05, 0) is 68.5 Å². The lowest BCUT2D eigenvalue weighted by molar-refractivity contribution is -0.125. The first-order valence-electron chi connectivity index (χ1n) is 11.6. The molecule has 8 heteroatoms. The number of para-hydroxylation sites is 1. The molecule has 3 amide bonds. The summed E-state index contributed by atoms with van der Waals surface area (Å²) in [6.45, 7) is 4.80. The van der Waals surface area contributed by atoms with Gasteiger partial charge in [-0.3, -0.25) is 14.4 Å². The molecule has 0 bridgehead atoms. The number of ether oxygens (including phenoxy) is 1. The van der Waals surface area contributed by atoms with Gasteiger partial charge >= 0.3 is 0 Å². The summed E-state index contributed by atoms with van der Waals surface area (Å²) in [6.07, 6.45) is 1.88. The van der Waals surface area contributed by atoms with Crippen LogP contribution in [0, 0.1) is 11.7 Å². The Morgan fingerprint density at radius 3 is 2.32 bits per heavy atom. The van der Waals surface area contributed by atoms with Crippen molar-refractivity contribution in [1.82, 2.24) is 15.5 Å². The van der Waals surface area contributed by atoms with E-state index in [-0.39, 0.29) is 29.3 Å². The highest BCUT2D eigenvalue weighted by molar-refractivity contribution is 5.98. The van der Waals surface area contributed by atoms with Crippen molar-refractivity contribution in [3.05, 3.63) is 65.5 Å². The van der Waals surface area contributed by atoms with Gasteiger partial charge in [0.1, 0.15) is 17.6 Å². The lowest BCUT2D eigenvalue weighted by atomic mass is 9.88. The standard InChI is InChI=1S/C26H32FN3O4/c1-4-17(2)28-25(32)23(29-24(31)19-9-11-20(27)12-10-19)18-13-15-30(16-14-18)26(33)21-7-5-6-8-22(21)34-3/h5-12,17-18,23H,4,13-16H2,1-3H3,(H,28,32)(H,29,31). The van der Waals surface area contributed by atoms with Crippen molar-refractivity contribution >= 4 is 17.7 Å². The van der Waals surface area contributed by atoms with Gasteiger partial charge in [0.05, 0.1) is 12.7 Å². The summed E-state index contributed by atoms with van der Waals surface area (Å²) in [6, 6.07) is 11.5. The number of piperidine rings is 1. The largest absolute Gasteiger partial charge is 0.496 e. The van der Waals surface area contributed by atoms with E-state index in [0.29, 0.717) is 37.2 Å². The van der Waals surface area contributed by atoms with Crippen LogP contribution in [0.3, 0.4) is 0 Å². The zero-order chi connectivity index (χ0) is 24.7.